The molecule has 198 valence electrons. The molecule has 0 aromatic heterocycles. The van der Waals surface area contributed by atoms with Crippen LogP contribution >= 0.6 is 0 Å². The molecule has 2 rings (SSSR count). The van der Waals surface area contributed by atoms with E-state index in [-0.39, 0.29) is 24.6 Å². The van der Waals surface area contributed by atoms with Gasteiger partial charge in [0.1, 0.15) is 36.9 Å². The van der Waals surface area contributed by atoms with Crippen LogP contribution in [0.5, 0.6) is 11.5 Å². The predicted molar refractivity (Wildman–Crippen MR) is 133 cm³/mol. The van der Waals surface area contributed by atoms with Crippen LogP contribution in [-0.2, 0) is 0 Å². The first-order chi connectivity index (χ1) is 17.3. The van der Waals surface area contributed by atoms with Gasteiger partial charge in [-0.3, -0.25) is 20.2 Å². The van der Waals surface area contributed by atoms with Crippen molar-refractivity contribution in [2.75, 3.05) is 39.4 Å². The molecule has 0 spiro atoms. The Balaban J connectivity index is 1.39. The molecule has 12 nitrogen and oxygen atoms in total. The van der Waals surface area contributed by atoms with E-state index in [9.17, 15) is 30.4 Å². The quantitative estimate of drug-likeness (QED) is 0.126. The number of benzene rings is 2. The summed E-state index contributed by atoms with van der Waals surface area (Å²) >= 11 is 0. The fraction of sp³-hybridized carbons (Fsp3) is 0.500. The molecule has 0 saturated carbocycles. The number of aliphatic hydroxyl groups is 2. The number of ether oxygens (including phenoxy) is 2. The number of aliphatic hydroxyl groups excluding tert-OH is 2. The number of unbranched alkanes of at least 4 members (excludes halogenated alkanes) is 3. The Morgan fingerprint density at radius 3 is 1.36 bits per heavy atom. The van der Waals surface area contributed by atoms with Crippen LogP contribution in [0.1, 0.15) is 25.7 Å². The summed E-state index contributed by atoms with van der Waals surface area (Å²) in [5, 5.41) is 47.6. The summed E-state index contributed by atoms with van der Waals surface area (Å²) in [4.78, 5) is 20.3. The van der Waals surface area contributed by atoms with Crippen LogP contribution in [0.3, 0.4) is 0 Å². The molecule has 0 heterocycles. The summed E-state index contributed by atoms with van der Waals surface area (Å²) in [6.45, 7) is 2.55. The first kappa shape index (κ1) is 28.9. The summed E-state index contributed by atoms with van der Waals surface area (Å²) in [6.07, 6.45) is 2.66. The van der Waals surface area contributed by atoms with Crippen LogP contribution < -0.4 is 20.1 Å². The third-order valence-electron chi connectivity index (χ3n) is 5.20. The molecule has 0 amide bonds. The molecule has 0 bridgehead atoms. The predicted octanol–water partition coefficient (Wildman–Crippen LogP) is 2.42. The number of non-ortho nitro benzene ring substituents is 2. The average Bonchev–Trinajstić information content (AvgIpc) is 2.87. The molecule has 12 heteroatoms. The van der Waals surface area contributed by atoms with Crippen LogP contribution in [-0.4, -0.2) is 71.7 Å². The Morgan fingerprint density at radius 2 is 1.03 bits per heavy atom. The normalized spacial score (nSPS) is 12.6. The number of rotatable bonds is 19. The highest BCUT2D eigenvalue weighted by Gasteiger charge is 2.09. The summed E-state index contributed by atoms with van der Waals surface area (Å²) < 4.78 is 10.9. The van der Waals surface area contributed by atoms with Crippen LogP contribution in [0.2, 0.25) is 0 Å². The number of nitrogens with zero attached hydrogens (tertiary/aromatic N) is 2. The standard InChI is InChI=1S/C24H34N4O8/c29-21(17-35-23-9-5-19(6-10-23)27(31)32)15-25-13-3-1-2-4-14-26-16-22(30)18-36-24-11-7-20(8-12-24)28(33)34/h5-12,21-22,25-26,29-30H,1-4,13-18H2/t21-,22-/m0/s1. The fourth-order valence-electron chi connectivity index (χ4n) is 3.22. The van der Waals surface area contributed by atoms with Gasteiger partial charge in [-0.15, -0.1) is 0 Å². The zero-order valence-electron chi connectivity index (χ0n) is 20.1. The summed E-state index contributed by atoms with van der Waals surface area (Å²) in [5.41, 5.74) is -0.0197. The van der Waals surface area contributed by atoms with Crippen molar-refractivity contribution in [3.8, 4) is 11.5 Å². The largest absolute Gasteiger partial charge is 0.491 e. The Labute approximate surface area is 209 Å². The fourth-order valence-corrected chi connectivity index (χ4v) is 3.22. The van der Waals surface area contributed by atoms with Crippen molar-refractivity contribution < 1.29 is 29.5 Å². The number of hydrogen-bond acceptors (Lipinski definition) is 10. The van der Waals surface area contributed by atoms with Gasteiger partial charge in [-0.25, -0.2) is 0 Å². The van der Waals surface area contributed by atoms with Gasteiger partial charge in [0.15, 0.2) is 0 Å². The second-order valence-corrected chi connectivity index (χ2v) is 8.25. The Kier molecular flexibility index (Phi) is 13.1. The minimum atomic E-state index is -0.680. The molecule has 36 heavy (non-hydrogen) atoms. The van der Waals surface area contributed by atoms with Gasteiger partial charge >= 0.3 is 0 Å². The van der Waals surface area contributed by atoms with Gasteiger partial charge in [-0.2, -0.15) is 0 Å². The molecule has 2 aromatic rings. The maximum absolute atomic E-state index is 10.6. The molecule has 4 N–H and O–H groups in total. The smallest absolute Gasteiger partial charge is 0.269 e. The SMILES string of the molecule is O=[N+]([O-])c1ccc(OC[C@@H](O)CNCCCCCCNC[C@H](O)COc2ccc([N+](=O)[O-])cc2)cc1. The number of hydrogen-bond donors (Lipinski definition) is 4. The van der Waals surface area contributed by atoms with Gasteiger partial charge < -0.3 is 30.3 Å². The Hall–Kier alpha value is -3.32. The summed E-state index contributed by atoms with van der Waals surface area (Å²) in [6, 6.07) is 11.4. The van der Waals surface area contributed by atoms with Gasteiger partial charge in [-0.05, 0) is 50.2 Å². The third-order valence-corrected chi connectivity index (χ3v) is 5.20. The van der Waals surface area contributed by atoms with Crippen molar-refractivity contribution in [3.63, 3.8) is 0 Å². The van der Waals surface area contributed by atoms with E-state index in [1.165, 1.54) is 48.5 Å². The lowest BCUT2D eigenvalue weighted by Crippen LogP contribution is -2.32. The van der Waals surface area contributed by atoms with Crippen molar-refractivity contribution in [1.82, 2.24) is 10.6 Å². The summed E-state index contributed by atoms with van der Waals surface area (Å²) in [5.74, 6) is 0.940. The van der Waals surface area contributed by atoms with Gasteiger partial charge in [0.2, 0.25) is 0 Å². The van der Waals surface area contributed by atoms with Crippen LogP contribution in [0.4, 0.5) is 11.4 Å². The van der Waals surface area contributed by atoms with E-state index >= 15 is 0 Å². The molecule has 0 fully saturated rings. The van der Waals surface area contributed by atoms with Gasteiger partial charge in [0.05, 0.1) is 9.85 Å². The van der Waals surface area contributed by atoms with Gasteiger partial charge in [-0.1, -0.05) is 12.8 Å². The first-order valence-electron chi connectivity index (χ1n) is 11.9. The Morgan fingerprint density at radius 1 is 0.667 bits per heavy atom. The number of nitro benzene ring substituents is 2. The maximum Gasteiger partial charge on any atom is 0.269 e. The highest BCUT2D eigenvalue weighted by molar-refractivity contribution is 5.36. The molecule has 2 atom stereocenters. The highest BCUT2D eigenvalue weighted by Crippen LogP contribution is 2.18. The van der Waals surface area contributed by atoms with Crippen molar-refractivity contribution in [2.24, 2.45) is 0 Å². The molecule has 0 aliphatic carbocycles. The molecule has 0 unspecified atom stereocenters. The minimum absolute atomic E-state index is 0.00983. The van der Waals surface area contributed by atoms with Crippen LogP contribution in [0.25, 0.3) is 0 Å². The highest BCUT2D eigenvalue weighted by atomic mass is 16.6. The maximum atomic E-state index is 10.6. The zero-order chi connectivity index (χ0) is 26.2. The first-order valence-corrected chi connectivity index (χ1v) is 11.9. The molecule has 0 aliphatic heterocycles. The van der Waals surface area contributed by atoms with E-state index in [1.54, 1.807) is 0 Å². The minimum Gasteiger partial charge on any atom is -0.491 e. The van der Waals surface area contributed by atoms with E-state index in [0.29, 0.717) is 24.6 Å². The summed E-state index contributed by atoms with van der Waals surface area (Å²) in [7, 11) is 0. The average molecular weight is 507 g/mol. The molecular weight excluding hydrogens is 472 g/mol. The van der Waals surface area contributed by atoms with Gasteiger partial charge in [0, 0.05) is 37.4 Å². The molecule has 0 aliphatic rings. The second-order valence-electron chi connectivity index (χ2n) is 8.25. The lowest BCUT2D eigenvalue weighted by molar-refractivity contribution is -0.385. The molecule has 0 saturated heterocycles. The van der Waals surface area contributed by atoms with E-state index < -0.39 is 22.1 Å². The topological polar surface area (TPSA) is 169 Å². The lowest BCUT2D eigenvalue weighted by Gasteiger charge is -2.14. The molecule has 2 aromatic carbocycles. The van der Waals surface area contributed by atoms with E-state index in [4.69, 9.17) is 9.47 Å². The lowest BCUT2D eigenvalue weighted by atomic mass is 10.2. The van der Waals surface area contributed by atoms with Crippen molar-refractivity contribution in [1.29, 1.82) is 0 Å². The Bertz CT molecular complexity index is 836. The van der Waals surface area contributed by atoms with E-state index in [0.717, 1.165) is 38.8 Å². The van der Waals surface area contributed by atoms with Crippen LogP contribution in [0, 0.1) is 20.2 Å². The zero-order valence-corrected chi connectivity index (χ0v) is 20.1. The van der Waals surface area contributed by atoms with Gasteiger partial charge in [0.25, 0.3) is 11.4 Å². The van der Waals surface area contributed by atoms with E-state index in [2.05, 4.69) is 10.6 Å². The van der Waals surface area contributed by atoms with Crippen molar-refractivity contribution in [2.45, 2.75) is 37.9 Å². The molecular formula is C24H34N4O8. The second kappa shape index (κ2) is 16.4. The monoisotopic (exact) mass is 506 g/mol. The number of nitrogens with one attached hydrogen (secondary N) is 2. The molecule has 0 radical (unpaired) electrons. The van der Waals surface area contributed by atoms with E-state index in [1.807, 2.05) is 0 Å². The van der Waals surface area contributed by atoms with Crippen LogP contribution in [0.15, 0.2) is 48.5 Å². The third kappa shape index (κ3) is 11.9. The number of nitro groups is 2. The van der Waals surface area contributed by atoms with Crippen molar-refractivity contribution >= 4 is 11.4 Å². The van der Waals surface area contributed by atoms with Crippen molar-refractivity contribution in [3.05, 3.63) is 68.8 Å².